The van der Waals surface area contributed by atoms with Crippen LogP contribution in [0.4, 0.5) is 4.39 Å². The van der Waals surface area contributed by atoms with Crippen molar-refractivity contribution in [2.75, 3.05) is 6.54 Å². The minimum atomic E-state index is -0.898. The Hall–Kier alpha value is -4.00. The van der Waals surface area contributed by atoms with E-state index in [-0.39, 0.29) is 30.0 Å². The minimum absolute atomic E-state index is 0.0783. The summed E-state index contributed by atoms with van der Waals surface area (Å²) in [6.07, 6.45) is 10.0. The number of carboxylic acids is 1. The summed E-state index contributed by atoms with van der Waals surface area (Å²) in [5, 5.41) is 11.8. The van der Waals surface area contributed by atoms with Gasteiger partial charge in [0.25, 0.3) is 0 Å². The van der Waals surface area contributed by atoms with Gasteiger partial charge in [-0.25, -0.2) is 4.39 Å². The summed E-state index contributed by atoms with van der Waals surface area (Å²) in [5.74, 6) is -2.61. The molecule has 2 aliphatic rings. The monoisotopic (exact) mass is 502 g/mol. The number of allylic oxidation sites excluding steroid dienone is 3. The van der Waals surface area contributed by atoms with Crippen LogP contribution in [-0.2, 0) is 27.3 Å². The number of fused-ring (bicyclic) bond motifs is 1. The summed E-state index contributed by atoms with van der Waals surface area (Å²) >= 11 is 0. The van der Waals surface area contributed by atoms with Gasteiger partial charge in [-0.1, -0.05) is 67.1 Å². The van der Waals surface area contributed by atoms with E-state index < -0.39 is 11.9 Å². The number of aliphatic carboxylic acids is 1. The van der Waals surface area contributed by atoms with Gasteiger partial charge in [0.1, 0.15) is 11.7 Å². The molecule has 0 saturated carbocycles. The Balaban J connectivity index is 1.44. The summed E-state index contributed by atoms with van der Waals surface area (Å²) in [4.78, 5) is 39.3. The molecule has 37 heavy (non-hydrogen) atoms. The van der Waals surface area contributed by atoms with Crippen molar-refractivity contribution in [3.05, 3.63) is 107 Å². The smallest absolute Gasteiger partial charge is 0.303 e. The number of hydrogen-bond acceptors (Lipinski definition) is 4. The van der Waals surface area contributed by atoms with E-state index in [4.69, 9.17) is 5.11 Å². The lowest BCUT2D eigenvalue weighted by Crippen LogP contribution is -2.40. The molecule has 2 atom stereocenters. The SMILES string of the molecule is O=C(O)CCCCC1C=C2C(=O)C(C(=O)NCCc3ccc(F)cc3)C=CC2=CN1Cc1ccccc1. The molecule has 1 amide bonds. The fourth-order valence-electron chi connectivity index (χ4n) is 4.67. The molecule has 1 aliphatic heterocycles. The summed E-state index contributed by atoms with van der Waals surface area (Å²) in [6, 6.07) is 16.1. The Morgan fingerprint density at radius 2 is 1.76 bits per heavy atom. The van der Waals surface area contributed by atoms with Crippen LogP contribution >= 0.6 is 0 Å². The molecule has 1 heterocycles. The summed E-state index contributed by atoms with van der Waals surface area (Å²) in [5.41, 5.74) is 3.35. The number of amides is 1. The van der Waals surface area contributed by atoms with Crippen molar-refractivity contribution in [3.8, 4) is 0 Å². The van der Waals surface area contributed by atoms with E-state index in [1.165, 1.54) is 12.1 Å². The number of ketones is 1. The van der Waals surface area contributed by atoms with Crippen molar-refractivity contribution in [2.45, 2.75) is 44.7 Å². The fraction of sp³-hybridized carbons (Fsp3) is 0.300. The minimum Gasteiger partial charge on any atom is -0.481 e. The third kappa shape index (κ3) is 7.03. The third-order valence-electron chi connectivity index (χ3n) is 6.67. The molecule has 2 aromatic carbocycles. The van der Waals surface area contributed by atoms with Crippen molar-refractivity contribution in [3.63, 3.8) is 0 Å². The average molecular weight is 503 g/mol. The highest BCUT2D eigenvalue weighted by Crippen LogP contribution is 2.32. The highest BCUT2D eigenvalue weighted by Gasteiger charge is 2.34. The lowest BCUT2D eigenvalue weighted by Gasteiger charge is -2.35. The van der Waals surface area contributed by atoms with E-state index in [9.17, 15) is 18.8 Å². The molecule has 0 aromatic heterocycles. The maximum absolute atomic E-state index is 13.3. The van der Waals surface area contributed by atoms with Crippen molar-refractivity contribution in [1.82, 2.24) is 10.2 Å². The number of carboxylic acid groups (broad SMARTS) is 1. The number of hydrogen-bond donors (Lipinski definition) is 2. The maximum atomic E-state index is 13.3. The van der Waals surface area contributed by atoms with Crippen LogP contribution in [0.3, 0.4) is 0 Å². The number of nitrogens with one attached hydrogen (secondary N) is 1. The number of carbonyl (C=O) groups excluding carboxylic acids is 2. The Labute approximate surface area is 216 Å². The molecule has 4 rings (SSSR count). The Morgan fingerprint density at radius 1 is 1.00 bits per heavy atom. The number of benzene rings is 2. The molecule has 2 N–H and O–H groups in total. The molecule has 0 bridgehead atoms. The van der Waals surface area contributed by atoms with E-state index in [2.05, 4.69) is 10.2 Å². The van der Waals surface area contributed by atoms with Crippen molar-refractivity contribution >= 4 is 17.7 Å². The van der Waals surface area contributed by atoms with E-state index in [1.807, 2.05) is 48.7 Å². The molecule has 6 nitrogen and oxygen atoms in total. The first-order chi connectivity index (χ1) is 17.9. The van der Waals surface area contributed by atoms with Crippen LogP contribution in [0.15, 0.2) is 90.2 Å². The first kappa shape index (κ1) is 26.1. The molecule has 2 aromatic rings. The molecule has 2 unspecified atom stereocenters. The number of unbranched alkanes of at least 4 members (excludes halogenated alkanes) is 1. The maximum Gasteiger partial charge on any atom is 0.303 e. The second kappa shape index (κ2) is 12.3. The average Bonchev–Trinajstić information content (AvgIpc) is 2.89. The van der Waals surface area contributed by atoms with Crippen molar-refractivity contribution in [1.29, 1.82) is 0 Å². The zero-order valence-electron chi connectivity index (χ0n) is 20.6. The molecule has 192 valence electrons. The number of rotatable bonds is 11. The predicted octanol–water partition coefficient (Wildman–Crippen LogP) is 4.58. The van der Waals surface area contributed by atoms with Gasteiger partial charge in [0.2, 0.25) is 5.91 Å². The summed E-state index contributed by atoms with van der Waals surface area (Å²) in [7, 11) is 0. The number of Topliss-reactive ketones (excluding diaryl/α,β-unsaturated/α-hetero) is 1. The van der Waals surface area contributed by atoms with Gasteiger partial charge in [0.05, 0.1) is 0 Å². The largest absolute Gasteiger partial charge is 0.481 e. The van der Waals surface area contributed by atoms with E-state index in [0.717, 1.165) is 16.7 Å². The fourth-order valence-corrected chi connectivity index (χ4v) is 4.67. The first-order valence-electron chi connectivity index (χ1n) is 12.6. The molecule has 0 saturated heterocycles. The van der Waals surface area contributed by atoms with Gasteiger partial charge < -0.3 is 15.3 Å². The van der Waals surface area contributed by atoms with Crippen molar-refractivity contribution < 1.29 is 23.9 Å². The summed E-state index contributed by atoms with van der Waals surface area (Å²) < 4.78 is 13.1. The van der Waals surface area contributed by atoms with Gasteiger partial charge in [-0.3, -0.25) is 14.4 Å². The molecular formula is C30H31FN2O4. The molecule has 0 fully saturated rings. The van der Waals surface area contributed by atoms with Crippen LogP contribution in [-0.4, -0.2) is 40.3 Å². The van der Waals surface area contributed by atoms with E-state index in [1.54, 1.807) is 18.2 Å². The lowest BCUT2D eigenvalue weighted by atomic mass is 9.83. The van der Waals surface area contributed by atoms with E-state index in [0.29, 0.717) is 44.3 Å². The first-order valence-corrected chi connectivity index (χ1v) is 12.6. The third-order valence-corrected chi connectivity index (χ3v) is 6.67. The van der Waals surface area contributed by atoms with Gasteiger partial charge in [0, 0.05) is 42.9 Å². The van der Waals surface area contributed by atoms with E-state index >= 15 is 0 Å². The van der Waals surface area contributed by atoms with Gasteiger partial charge in [-0.2, -0.15) is 0 Å². The highest BCUT2D eigenvalue weighted by molar-refractivity contribution is 6.15. The summed E-state index contributed by atoms with van der Waals surface area (Å²) in [6.45, 7) is 1.01. The van der Waals surface area contributed by atoms with Gasteiger partial charge >= 0.3 is 5.97 Å². The number of carbonyl (C=O) groups is 3. The second-order valence-electron chi connectivity index (χ2n) is 9.40. The molecule has 0 spiro atoms. The quantitative estimate of drug-likeness (QED) is 0.347. The standard InChI is InChI=1S/C30H31FN2O4/c31-24-13-10-21(11-14-24)16-17-32-30(37)26-15-12-23-20-33(19-22-6-2-1-3-7-22)25(18-27(23)29(26)36)8-4-5-9-28(34)35/h1-3,6-7,10-15,18,20,25-26H,4-5,8-9,16-17,19H2,(H,32,37)(H,34,35). The second-order valence-corrected chi connectivity index (χ2v) is 9.40. The van der Waals surface area contributed by atoms with Crippen LogP contribution in [0.25, 0.3) is 0 Å². The van der Waals surface area contributed by atoms with Gasteiger partial charge in [0.15, 0.2) is 5.78 Å². The zero-order valence-corrected chi connectivity index (χ0v) is 20.6. The van der Waals surface area contributed by atoms with Crippen LogP contribution < -0.4 is 5.32 Å². The van der Waals surface area contributed by atoms with Crippen LogP contribution in [0.1, 0.15) is 36.8 Å². The molecule has 0 radical (unpaired) electrons. The molecule has 7 heteroatoms. The zero-order chi connectivity index (χ0) is 26.2. The molecular weight excluding hydrogens is 471 g/mol. The topological polar surface area (TPSA) is 86.7 Å². The normalized spacial score (nSPS) is 18.6. The number of nitrogens with zero attached hydrogens (tertiary/aromatic N) is 1. The highest BCUT2D eigenvalue weighted by atomic mass is 19.1. The Kier molecular flexibility index (Phi) is 8.67. The predicted molar refractivity (Wildman–Crippen MR) is 139 cm³/mol. The Bertz CT molecular complexity index is 1220. The molecule has 1 aliphatic carbocycles. The van der Waals surface area contributed by atoms with Crippen molar-refractivity contribution in [2.24, 2.45) is 5.92 Å². The van der Waals surface area contributed by atoms with Crippen LogP contribution in [0, 0.1) is 11.7 Å². The van der Waals surface area contributed by atoms with Crippen LogP contribution in [0.2, 0.25) is 0 Å². The van der Waals surface area contributed by atoms with Gasteiger partial charge in [-0.05, 0) is 42.5 Å². The number of halogens is 1. The lowest BCUT2D eigenvalue weighted by molar-refractivity contribution is -0.137. The van der Waals surface area contributed by atoms with Crippen LogP contribution in [0.5, 0.6) is 0 Å². The van der Waals surface area contributed by atoms with Gasteiger partial charge in [-0.15, -0.1) is 0 Å². The Morgan fingerprint density at radius 3 is 2.49 bits per heavy atom.